The molecule has 0 fully saturated rings. The van der Waals surface area contributed by atoms with Gasteiger partial charge in [-0.2, -0.15) is 0 Å². The lowest BCUT2D eigenvalue weighted by Crippen LogP contribution is -2.14. The summed E-state index contributed by atoms with van der Waals surface area (Å²) in [7, 11) is 1.60. The zero-order valence-corrected chi connectivity index (χ0v) is 11.8. The third-order valence-corrected chi connectivity index (χ3v) is 2.72. The number of hydrogen-bond acceptors (Lipinski definition) is 4. The van der Waals surface area contributed by atoms with Gasteiger partial charge in [0.1, 0.15) is 12.0 Å². The number of nitrogens with zero attached hydrogens (tertiary/aromatic N) is 2. The van der Waals surface area contributed by atoms with E-state index in [4.69, 9.17) is 4.74 Å². The number of aromatic amines is 1. The van der Waals surface area contributed by atoms with Gasteiger partial charge in [-0.15, -0.1) is 0 Å². The number of fused-ring (bicyclic) bond motifs is 1. The maximum absolute atomic E-state index is 11.2. The van der Waals surface area contributed by atoms with Gasteiger partial charge in [0, 0.05) is 13.2 Å². The van der Waals surface area contributed by atoms with E-state index in [0.717, 1.165) is 16.6 Å². The number of allylic oxidation sites excluding steroid dienone is 1. The number of H-pyrrole nitrogens is 1. The van der Waals surface area contributed by atoms with Crippen molar-refractivity contribution >= 4 is 16.9 Å². The molecule has 0 aliphatic heterocycles. The van der Waals surface area contributed by atoms with E-state index in [1.807, 2.05) is 20.0 Å². The maximum atomic E-state index is 11.2. The average molecular weight is 274 g/mol. The molecule has 0 atom stereocenters. The van der Waals surface area contributed by atoms with Gasteiger partial charge in [0.05, 0.1) is 11.5 Å². The Morgan fingerprint density at radius 2 is 2.30 bits per heavy atom. The molecule has 1 amide bonds. The molecule has 2 N–H and O–H groups in total. The maximum Gasteiger partial charge on any atom is 0.243 e. The van der Waals surface area contributed by atoms with E-state index in [1.54, 1.807) is 13.1 Å². The molecule has 0 saturated heterocycles. The smallest absolute Gasteiger partial charge is 0.243 e. The summed E-state index contributed by atoms with van der Waals surface area (Å²) >= 11 is 0. The molecule has 0 spiro atoms. The fourth-order valence-corrected chi connectivity index (χ4v) is 1.85. The van der Waals surface area contributed by atoms with Crippen molar-refractivity contribution in [3.63, 3.8) is 0 Å². The molecule has 2 aromatic heterocycles. The third-order valence-electron chi connectivity index (χ3n) is 2.72. The van der Waals surface area contributed by atoms with E-state index in [-0.39, 0.29) is 12.0 Å². The van der Waals surface area contributed by atoms with Crippen LogP contribution in [0.3, 0.4) is 0 Å². The Labute approximate surface area is 117 Å². The molecule has 20 heavy (non-hydrogen) atoms. The lowest BCUT2D eigenvalue weighted by molar-refractivity contribution is -0.116. The van der Waals surface area contributed by atoms with Crippen molar-refractivity contribution in [2.24, 2.45) is 0 Å². The minimum absolute atomic E-state index is 0.0391. The van der Waals surface area contributed by atoms with Crippen molar-refractivity contribution in [1.82, 2.24) is 20.3 Å². The molecule has 0 aromatic carbocycles. The molecule has 0 saturated carbocycles. The number of hydrogen-bond donors (Lipinski definition) is 2. The Bertz CT molecular complexity index is 631. The van der Waals surface area contributed by atoms with Crippen molar-refractivity contribution in [2.75, 3.05) is 7.05 Å². The summed E-state index contributed by atoms with van der Waals surface area (Å²) in [6.45, 7) is 3.90. The fourth-order valence-electron chi connectivity index (χ4n) is 1.85. The van der Waals surface area contributed by atoms with Crippen LogP contribution in [0.15, 0.2) is 24.7 Å². The summed E-state index contributed by atoms with van der Waals surface area (Å²) < 4.78 is 5.70. The second-order valence-corrected chi connectivity index (χ2v) is 4.60. The first-order valence-corrected chi connectivity index (χ1v) is 6.47. The van der Waals surface area contributed by atoms with Crippen LogP contribution in [-0.2, 0) is 11.2 Å². The molecule has 106 valence electrons. The van der Waals surface area contributed by atoms with Crippen LogP contribution in [-0.4, -0.2) is 34.0 Å². The number of aromatic nitrogens is 3. The van der Waals surface area contributed by atoms with Gasteiger partial charge >= 0.3 is 0 Å². The molecule has 0 unspecified atom stereocenters. The van der Waals surface area contributed by atoms with Gasteiger partial charge in [-0.05, 0) is 31.9 Å². The molecule has 2 aromatic rings. The third kappa shape index (κ3) is 3.14. The molecule has 6 heteroatoms. The Kier molecular flexibility index (Phi) is 4.34. The van der Waals surface area contributed by atoms with Crippen LogP contribution < -0.4 is 10.1 Å². The Morgan fingerprint density at radius 3 is 3.00 bits per heavy atom. The van der Waals surface area contributed by atoms with Crippen LogP contribution in [0.5, 0.6) is 5.88 Å². The Balaban J connectivity index is 2.29. The standard InChI is InChI=1S/C14H18N4O2/c1-9(2)20-14-12-10(5-4-6-11(19)15-3)7-16-13(12)17-8-18-14/h4,6-9H,5H2,1-3H3,(H,15,19)(H,16,17,18). The summed E-state index contributed by atoms with van der Waals surface area (Å²) in [4.78, 5) is 22.6. The van der Waals surface area contributed by atoms with Gasteiger partial charge in [-0.1, -0.05) is 6.08 Å². The molecule has 0 radical (unpaired) electrons. The zero-order valence-electron chi connectivity index (χ0n) is 11.8. The summed E-state index contributed by atoms with van der Waals surface area (Å²) in [5.41, 5.74) is 1.73. The van der Waals surface area contributed by atoms with Crippen molar-refractivity contribution in [2.45, 2.75) is 26.4 Å². The van der Waals surface area contributed by atoms with Crippen LogP contribution in [0.1, 0.15) is 19.4 Å². The highest BCUT2D eigenvalue weighted by Gasteiger charge is 2.12. The van der Waals surface area contributed by atoms with Gasteiger partial charge in [-0.25, -0.2) is 9.97 Å². The van der Waals surface area contributed by atoms with Crippen molar-refractivity contribution in [3.05, 3.63) is 30.2 Å². The second-order valence-electron chi connectivity index (χ2n) is 4.60. The van der Waals surface area contributed by atoms with Crippen LogP contribution in [0.25, 0.3) is 11.0 Å². The van der Waals surface area contributed by atoms with Crippen LogP contribution in [0.2, 0.25) is 0 Å². The first-order valence-electron chi connectivity index (χ1n) is 6.47. The first kappa shape index (κ1) is 14.0. The molecule has 0 bridgehead atoms. The Morgan fingerprint density at radius 1 is 1.50 bits per heavy atom. The van der Waals surface area contributed by atoms with E-state index in [1.165, 1.54) is 12.4 Å². The molecule has 2 heterocycles. The minimum atomic E-state index is -0.125. The molecule has 2 rings (SSSR count). The number of likely N-dealkylation sites (N-methyl/N-ethyl adjacent to an activating group) is 1. The predicted octanol–water partition coefficient (Wildman–Crippen LogP) is 1.59. The lowest BCUT2D eigenvalue weighted by Gasteiger charge is -2.09. The van der Waals surface area contributed by atoms with E-state index < -0.39 is 0 Å². The topological polar surface area (TPSA) is 79.9 Å². The van der Waals surface area contributed by atoms with E-state index in [2.05, 4.69) is 20.3 Å². The summed E-state index contributed by atoms with van der Waals surface area (Å²) in [6.07, 6.45) is 7.29. The number of ether oxygens (including phenoxy) is 1. The average Bonchev–Trinajstić information content (AvgIpc) is 2.82. The molecular formula is C14H18N4O2. The summed E-state index contributed by atoms with van der Waals surface area (Å²) in [6, 6.07) is 0. The monoisotopic (exact) mass is 274 g/mol. The SMILES string of the molecule is CNC(=O)C=CCc1c[nH]c2ncnc(OC(C)C)c12. The highest BCUT2D eigenvalue weighted by molar-refractivity contribution is 5.88. The number of amides is 1. The van der Waals surface area contributed by atoms with E-state index >= 15 is 0 Å². The number of carbonyl (C=O) groups is 1. The van der Waals surface area contributed by atoms with Crippen molar-refractivity contribution in [1.29, 1.82) is 0 Å². The number of nitrogens with one attached hydrogen (secondary N) is 2. The predicted molar refractivity (Wildman–Crippen MR) is 76.6 cm³/mol. The van der Waals surface area contributed by atoms with Crippen LogP contribution in [0, 0.1) is 0 Å². The van der Waals surface area contributed by atoms with E-state index in [9.17, 15) is 4.79 Å². The second kappa shape index (κ2) is 6.18. The summed E-state index contributed by atoms with van der Waals surface area (Å²) in [5.74, 6) is 0.439. The van der Waals surface area contributed by atoms with Crippen molar-refractivity contribution < 1.29 is 9.53 Å². The largest absolute Gasteiger partial charge is 0.474 e. The van der Waals surface area contributed by atoms with Crippen LogP contribution >= 0.6 is 0 Å². The van der Waals surface area contributed by atoms with Gasteiger partial charge < -0.3 is 15.0 Å². The fraction of sp³-hybridized carbons (Fsp3) is 0.357. The van der Waals surface area contributed by atoms with Crippen molar-refractivity contribution in [3.8, 4) is 5.88 Å². The van der Waals surface area contributed by atoms with Gasteiger partial charge in [0.25, 0.3) is 0 Å². The van der Waals surface area contributed by atoms with Gasteiger partial charge in [-0.3, -0.25) is 4.79 Å². The normalized spacial score (nSPS) is 11.4. The number of carbonyl (C=O) groups excluding carboxylic acids is 1. The Hall–Kier alpha value is -2.37. The molecule has 6 nitrogen and oxygen atoms in total. The minimum Gasteiger partial charge on any atom is -0.474 e. The van der Waals surface area contributed by atoms with Gasteiger partial charge in [0.2, 0.25) is 11.8 Å². The molecule has 0 aliphatic rings. The quantitative estimate of drug-likeness (QED) is 0.811. The number of rotatable bonds is 5. The highest BCUT2D eigenvalue weighted by Crippen LogP contribution is 2.26. The highest BCUT2D eigenvalue weighted by atomic mass is 16.5. The lowest BCUT2D eigenvalue weighted by atomic mass is 10.1. The molecular weight excluding hydrogens is 256 g/mol. The first-order chi connectivity index (χ1) is 9.61. The van der Waals surface area contributed by atoms with Crippen LogP contribution in [0.4, 0.5) is 0 Å². The van der Waals surface area contributed by atoms with Gasteiger partial charge in [0.15, 0.2) is 0 Å². The molecule has 0 aliphatic carbocycles. The summed E-state index contributed by atoms with van der Waals surface area (Å²) in [5, 5.41) is 3.40. The zero-order chi connectivity index (χ0) is 14.5. The van der Waals surface area contributed by atoms with E-state index in [0.29, 0.717) is 12.3 Å².